The number of urea groups is 1. The molecule has 0 bridgehead atoms. The van der Waals surface area contributed by atoms with E-state index in [1.165, 1.54) is 18.3 Å². The molecule has 3 N–H and O–H groups in total. The lowest BCUT2D eigenvalue weighted by molar-refractivity contribution is 0.135. The minimum atomic E-state index is -0.641. The smallest absolute Gasteiger partial charge is 0.413 e. The number of aromatic amines is 1. The van der Waals surface area contributed by atoms with E-state index in [0.717, 1.165) is 29.9 Å². The van der Waals surface area contributed by atoms with Crippen LogP contribution in [0.2, 0.25) is 0 Å². The number of pyridine rings is 2. The lowest BCUT2D eigenvalue weighted by atomic mass is 10.0. The number of rotatable bonds is 7. The summed E-state index contributed by atoms with van der Waals surface area (Å²) in [5.41, 5.74) is 4.22. The Morgan fingerprint density at radius 1 is 1.07 bits per heavy atom. The number of hydrogen-bond acceptors (Lipinski definition) is 7. The number of H-pyrrole nitrogens is 1. The fraction of sp³-hybridized carbons (Fsp3) is 0.321. The van der Waals surface area contributed by atoms with Gasteiger partial charge in [-0.15, -0.1) is 0 Å². The van der Waals surface area contributed by atoms with Gasteiger partial charge in [0.05, 0.1) is 17.8 Å². The SMILES string of the molecule is CCNC(=O)N1CCN(Cc2ccc(-c3cc(-c4ncccc4F)c4nc(NC(=O)OCC)[nH]c4c3)cn2)CC1. The van der Waals surface area contributed by atoms with E-state index in [1.54, 1.807) is 13.1 Å². The Morgan fingerprint density at radius 2 is 1.90 bits per heavy atom. The molecule has 1 aliphatic rings. The molecular weight excluding hydrogens is 515 g/mol. The topological polar surface area (TPSA) is 128 Å². The molecule has 3 aromatic heterocycles. The summed E-state index contributed by atoms with van der Waals surface area (Å²) in [5, 5.41) is 5.41. The number of aromatic nitrogens is 4. The predicted octanol–water partition coefficient (Wildman–Crippen LogP) is 4.24. The molecule has 3 amide bonds. The number of nitrogens with zero attached hydrogens (tertiary/aromatic N) is 5. The van der Waals surface area contributed by atoms with Gasteiger partial charge in [-0.1, -0.05) is 6.07 Å². The molecule has 1 saturated heterocycles. The Hall–Kier alpha value is -4.58. The number of fused-ring (bicyclic) bond motifs is 1. The normalized spacial score (nSPS) is 13.8. The second-order valence-corrected chi connectivity index (χ2v) is 9.32. The average molecular weight is 547 g/mol. The molecule has 0 spiro atoms. The Kier molecular flexibility index (Phi) is 8.15. The van der Waals surface area contributed by atoms with Crippen LogP contribution in [-0.2, 0) is 11.3 Å². The molecule has 0 atom stereocenters. The molecule has 0 radical (unpaired) electrons. The van der Waals surface area contributed by atoms with E-state index < -0.39 is 11.9 Å². The van der Waals surface area contributed by atoms with Gasteiger partial charge in [0.25, 0.3) is 0 Å². The molecular formula is C28H31FN8O3. The van der Waals surface area contributed by atoms with E-state index >= 15 is 0 Å². The van der Waals surface area contributed by atoms with Crippen molar-refractivity contribution in [3.63, 3.8) is 0 Å². The highest BCUT2D eigenvalue weighted by molar-refractivity contribution is 5.97. The lowest BCUT2D eigenvalue weighted by Crippen LogP contribution is -2.51. The largest absolute Gasteiger partial charge is 0.450 e. The van der Waals surface area contributed by atoms with E-state index in [1.807, 2.05) is 36.1 Å². The highest BCUT2D eigenvalue weighted by atomic mass is 19.1. The predicted molar refractivity (Wildman–Crippen MR) is 149 cm³/mol. The van der Waals surface area contributed by atoms with Crippen LogP contribution in [0.1, 0.15) is 19.5 Å². The van der Waals surface area contributed by atoms with Gasteiger partial charge in [-0.2, -0.15) is 0 Å². The summed E-state index contributed by atoms with van der Waals surface area (Å²) < 4.78 is 19.8. The molecule has 4 aromatic rings. The van der Waals surface area contributed by atoms with Crippen LogP contribution in [0.25, 0.3) is 33.4 Å². The second-order valence-electron chi connectivity index (χ2n) is 9.32. The maximum atomic E-state index is 14.8. The van der Waals surface area contributed by atoms with E-state index in [9.17, 15) is 14.0 Å². The molecule has 0 unspecified atom stereocenters. The lowest BCUT2D eigenvalue weighted by Gasteiger charge is -2.34. The zero-order valence-electron chi connectivity index (χ0n) is 22.4. The van der Waals surface area contributed by atoms with Crippen LogP contribution in [0.3, 0.4) is 0 Å². The minimum Gasteiger partial charge on any atom is -0.450 e. The van der Waals surface area contributed by atoms with Gasteiger partial charge in [-0.3, -0.25) is 20.2 Å². The van der Waals surface area contributed by atoms with Crippen molar-refractivity contribution in [1.29, 1.82) is 0 Å². The maximum Gasteiger partial charge on any atom is 0.413 e. The quantitative estimate of drug-likeness (QED) is 0.316. The molecule has 5 rings (SSSR count). The van der Waals surface area contributed by atoms with E-state index in [-0.39, 0.29) is 24.3 Å². The molecule has 11 nitrogen and oxygen atoms in total. The first-order valence-corrected chi connectivity index (χ1v) is 13.2. The fourth-order valence-corrected chi connectivity index (χ4v) is 4.66. The molecule has 0 aliphatic carbocycles. The van der Waals surface area contributed by atoms with Crippen molar-refractivity contribution in [2.24, 2.45) is 0 Å². The number of hydrogen-bond donors (Lipinski definition) is 3. The molecule has 1 aliphatic heterocycles. The number of carbonyl (C=O) groups excluding carboxylic acids is 2. The van der Waals surface area contributed by atoms with Crippen LogP contribution < -0.4 is 10.6 Å². The molecule has 12 heteroatoms. The third-order valence-corrected chi connectivity index (χ3v) is 6.63. The van der Waals surface area contributed by atoms with Gasteiger partial charge in [-0.05, 0) is 49.7 Å². The van der Waals surface area contributed by atoms with Crippen LogP contribution >= 0.6 is 0 Å². The van der Waals surface area contributed by atoms with Crippen molar-refractivity contribution in [3.8, 4) is 22.4 Å². The molecule has 1 aromatic carbocycles. The summed E-state index contributed by atoms with van der Waals surface area (Å²) in [6, 6.07) is 10.5. The standard InChI is InChI=1S/C28H31FN8O3/c1-3-30-27(38)37-12-10-36(11-13-37)17-20-8-7-18(16-32-20)19-14-21(24-22(29)6-5-9-31-24)25-23(15-19)33-26(34-25)35-28(39)40-4-2/h5-9,14-16H,3-4,10-13,17H2,1-2H3,(H,30,38)(H2,33,34,35,39). The van der Waals surface area contributed by atoms with Gasteiger partial charge in [0, 0.05) is 62.8 Å². The summed E-state index contributed by atoms with van der Waals surface area (Å²) >= 11 is 0. The zero-order valence-corrected chi connectivity index (χ0v) is 22.4. The van der Waals surface area contributed by atoms with Crippen molar-refractivity contribution in [2.75, 3.05) is 44.6 Å². The van der Waals surface area contributed by atoms with E-state index in [2.05, 4.69) is 35.5 Å². The summed E-state index contributed by atoms with van der Waals surface area (Å²) in [5.74, 6) is -0.298. The zero-order chi connectivity index (χ0) is 28.1. The van der Waals surface area contributed by atoms with E-state index in [0.29, 0.717) is 42.8 Å². The molecule has 1 fully saturated rings. The van der Waals surface area contributed by atoms with Gasteiger partial charge >= 0.3 is 12.1 Å². The van der Waals surface area contributed by atoms with E-state index in [4.69, 9.17) is 4.74 Å². The van der Waals surface area contributed by atoms with Crippen molar-refractivity contribution >= 4 is 29.1 Å². The molecule has 4 heterocycles. The van der Waals surface area contributed by atoms with Gasteiger partial charge in [-0.25, -0.2) is 19.0 Å². The number of anilines is 1. The average Bonchev–Trinajstić information content (AvgIpc) is 3.36. The molecule has 0 saturated carbocycles. The third-order valence-electron chi connectivity index (χ3n) is 6.63. The highest BCUT2D eigenvalue weighted by Crippen LogP contribution is 2.34. The maximum absolute atomic E-state index is 14.8. The van der Waals surface area contributed by atoms with Crippen LogP contribution in [-0.4, -0.2) is 81.2 Å². The van der Waals surface area contributed by atoms with Crippen LogP contribution in [0.15, 0.2) is 48.8 Å². The summed E-state index contributed by atoms with van der Waals surface area (Å²) in [7, 11) is 0. The fourth-order valence-electron chi connectivity index (χ4n) is 4.66. The van der Waals surface area contributed by atoms with Crippen molar-refractivity contribution in [1.82, 2.24) is 35.1 Å². The van der Waals surface area contributed by atoms with Crippen molar-refractivity contribution < 1.29 is 18.7 Å². The van der Waals surface area contributed by atoms with Gasteiger partial charge in [0.2, 0.25) is 5.95 Å². The van der Waals surface area contributed by atoms with Gasteiger partial charge < -0.3 is 19.9 Å². The summed E-state index contributed by atoms with van der Waals surface area (Å²) in [4.78, 5) is 44.6. The monoisotopic (exact) mass is 546 g/mol. The number of nitrogens with one attached hydrogen (secondary N) is 3. The first-order chi connectivity index (χ1) is 19.4. The van der Waals surface area contributed by atoms with Crippen molar-refractivity contribution in [2.45, 2.75) is 20.4 Å². The molecule has 208 valence electrons. The van der Waals surface area contributed by atoms with Crippen LogP contribution in [0.5, 0.6) is 0 Å². The number of ether oxygens (including phenoxy) is 1. The number of piperazine rings is 1. The first kappa shape index (κ1) is 27.0. The third kappa shape index (κ3) is 6.01. The van der Waals surface area contributed by atoms with Crippen molar-refractivity contribution in [3.05, 3.63) is 60.3 Å². The molecule has 40 heavy (non-hydrogen) atoms. The second kappa shape index (κ2) is 12.1. The number of amides is 3. The number of carbonyl (C=O) groups is 2. The number of halogens is 1. The Labute approximate surface area is 230 Å². The highest BCUT2D eigenvalue weighted by Gasteiger charge is 2.21. The summed E-state index contributed by atoms with van der Waals surface area (Å²) in [6.45, 7) is 8.03. The Balaban J connectivity index is 1.38. The Morgan fingerprint density at radius 3 is 2.60 bits per heavy atom. The van der Waals surface area contributed by atoms with Crippen LogP contribution in [0, 0.1) is 5.82 Å². The summed E-state index contributed by atoms with van der Waals surface area (Å²) in [6.07, 6.45) is 2.67. The van der Waals surface area contributed by atoms with Gasteiger partial charge in [0.1, 0.15) is 17.0 Å². The first-order valence-electron chi connectivity index (χ1n) is 13.2. The number of imidazole rings is 1. The number of benzene rings is 1. The minimum absolute atomic E-state index is 0.0207. The van der Waals surface area contributed by atoms with Gasteiger partial charge in [0.15, 0.2) is 0 Å². The Bertz CT molecular complexity index is 1500. The van der Waals surface area contributed by atoms with Crippen LogP contribution in [0.4, 0.5) is 19.9 Å².